The quantitative estimate of drug-likeness (QED) is 0.798. The number of carbonyl (C=O) groups is 1. The van der Waals surface area contributed by atoms with Crippen molar-refractivity contribution in [1.29, 1.82) is 0 Å². The number of nitrogens with one attached hydrogen (secondary N) is 1. The van der Waals surface area contributed by atoms with Gasteiger partial charge in [-0.05, 0) is 36.8 Å². The Kier molecular flexibility index (Phi) is 3.23. The van der Waals surface area contributed by atoms with Gasteiger partial charge in [-0.2, -0.15) is 0 Å². The van der Waals surface area contributed by atoms with E-state index >= 15 is 0 Å². The number of carbonyl (C=O) groups excluding carboxylic acids is 1. The highest BCUT2D eigenvalue weighted by molar-refractivity contribution is 6.05. The summed E-state index contributed by atoms with van der Waals surface area (Å²) in [5.74, 6) is -1.09. The molecule has 0 aliphatic heterocycles. The van der Waals surface area contributed by atoms with Crippen molar-refractivity contribution in [3.05, 3.63) is 53.6 Å². The second-order valence-corrected chi connectivity index (χ2v) is 3.89. The van der Waals surface area contributed by atoms with E-state index in [2.05, 4.69) is 10.3 Å². The number of hydrogen-bond donors (Lipinski definition) is 2. The van der Waals surface area contributed by atoms with Crippen LogP contribution in [-0.4, -0.2) is 10.9 Å². The third-order valence-corrected chi connectivity index (χ3v) is 2.46. The van der Waals surface area contributed by atoms with Crippen LogP contribution in [0.5, 0.6) is 0 Å². The van der Waals surface area contributed by atoms with E-state index in [0.29, 0.717) is 16.9 Å². The summed E-state index contributed by atoms with van der Waals surface area (Å²) < 4.78 is 13.8. The molecule has 0 spiro atoms. The van der Waals surface area contributed by atoms with Crippen LogP contribution in [0, 0.1) is 12.7 Å². The van der Waals surface area contributed by atoms with Crippen LogP contribution in [-0.2, 0) is 0 Å². The first-order valence-electron chi connectivity index (χ1n) is 5.35. The Morgan fingerprint density at radius 3 is 2.67 bits per heavy atom. The van der Waals surface area contributed by atoms with Crippen LogP contribution in [0.25, 0.3) is 0 Å². The summed E-state index contributed by atoms with van der Waals surface area (Å²) in [5, 5.41) is 2.58. The maximum absolute atomic E-state index is 13.8. The molecule has 0 aliphatic rings. The molecule has 0 unspecified atom stereocenters. The molecule has 0 bridgehead atoms. The first-order valence-corrected chi connectivity index (χ1v) is 5.35. The molecular formula is C13H12FN3O. The highest BCUT2D eigenvalue weighted by atomic mass is 19.1. The minimum atomic E-state index is -0.559. The monoisotopic (exact) mass is 245 g/mol. The molecule has 18 heavy (non-hydrogen) atoms. The van der Waals surface area contributed by atoms with Crippen molar-refractivity contribution in [1.82, 2.24) is 4.98 Å². The molecule has 92 valence electrons. The highest BCUT2D eigenvalue weighted by Gasteiger charge is 2.14. The zero-order chi connectivity index (χ0) is 13.1. The van der Waals surface area contributed by atoms with E-state index in [9.17, 15) is 9.18 Å². The average Bonchev–Trinajstić information content (AvgIpc) is 2.35. The third kappa shape index (κ3) is 2.45. The molecule has 0 saturated heterocycles. The Balaban J connectivity index is 2.30. The Hall–Kier alpha value is -2.43. The van der Waals surface area contributed by atoms with Crippen LogP contribution >= 0.6 is 0 Å². The zero-order valence-electron chi connectivity index (χ0n) is 9.77. The van der Waals surface area contributed by atoms with Gasteiger partial charge in [-0.1, -0.05) is 0 Å². The molecule has 1 heterocycles. The predicted octanol–water partition coefficient (Wildman–Crippen LogP) is 2.36. The number of anilines is 2. The number of rotatable bonds is 2. The summed E-state index contributed by atoms with van der Waals surface area (Å²) in [6.45, 7) is 1.56. The first kappa shape index (κ1) is 12.0. The van der Waals surface area contributed by atoms with Crippen LogP contribution in [0.15, 0.2) is 36.7 Å². The number of halogens is 1. The van der Waals surface area contributed by atoms with Crippen molar-refractivity contribution in [3.8, 4) is 0 Å². The second kappa shape index (κ2) is 4.83. The molecule has 0 atom stereocenters. The van der Waals surface area contributed by atoms with Crippen LogP contribution in [0.1, 0.15) is 15.9 Å². The first-order chi connectivity index (χ1) is 8.58. The number of benzene rings is 1. The van der Waals surface area contributed by atoms with Crippen LogP contribution in [0.2, 0.25) is 0 Å². The zero-order valence-corrected chi connectivity index (χ0v) is 9.77. The molecular weight excluding hydrogens is 233 g/mol. The molecule has 1 aromatic heterocycles. The van der Waals surface area contributed by atoms with E-state index in [4.69, 9.17) is 5.73 Å². The molecule has 0 saturated carbocycles. The molecule has 1 amide bonds. The van der Waals surface area contributed by atoms with Crippen LogP contribution < -0.4 is 11.1 Å². The topological polar surface area (TPSA) is 68.0 Å². The molecule has 2 aromatic rings. The second-order valence-electron chi connectivity index (χ2n) is 3.89. The standard InChI is InChI=1S/C13H12FN3O/c1-8-6-9(15)7-11(12(8)14)13(18)17-10-2-4-16-5-3-10/h2-7H,15H2,1H3,(H,16,17,18). The minimum Gasteiger partial charge on any atom is -0.399 e. The summed E-state index contributed by atoms with van der Waals surface area (Å²) in [5.41, 5.74) is 6.79. The SMILES string of the molecule is Cc1cc(N)cc(C(=O)Nc2ccncc2)c1F. The van der Waals surface area contributed by atoms with Gasteiger partial charge in [-0.3, -0.25) is 9.78 Å². The number of amides is 1. The Morgan fingerprint density at radius 1 is 1.33 bits per heavy atom. The summed E-state index contributed by atoms with van der Waals surface area (Å²) in [6.07, 6.45) is 3.08. The van der Waals surface area contributed by atoms with Gasteiger partial charge in [-0.15, -0.1) is 0 Å². The van der Waals surface area contributed by atoms with Crippen LogP contribution in [0.4, 0.5) is 15.8 Å². The predicted molar refractivity (Wildman–Crippen MR) is 67.7 cm³/mol. The van der Waals surface area contributed by atoms with Crippen molar-refractivity contribution in [2.75, 3.05) is 11.1 Å². The minimum absolute atomic E-state index is 0.0655. The number of hydrogen-bond acceptors (Lipinski definition) is 3. The van der Waals surface area contributed by atoms with Gasteiger partial charge >= 0.3 is 0 Å². The summed E-state index contributed by atoms with van der Waals surface area (Å²) in [7, 11) is 0. The smallest absolute Gasteiger partial charge is 0.258 e. The van der Waals surface area contributed by atoms with Gasteiger partial charge in [-0.25, -0.2) is 4.39 Å². The van der Waals surface area contributed by atoms with Gasteiger partial charge in [0.15, 0.2) is 0 Å². The summed E-state index contributed by atoms with van der Waals surface area (Å²) in [4.78, 5) is 15.7. The molecule has 2 rings (SSSR count). The van der Waals surface area contributed by atoms with Crippen molar-refractivity contribution in [2.24, 2.45) is 0 Å². The van der Waals surface area contributed by atoms with E-state index in [1.807, 2.05) is 0 Å². The largest absolute Gasteiger partial charge is 0.399 e. The van der Waals surface area contributed by atoms with Crippen LogP contribution in [0.3, 0.4) is 0 Å². The van der Waals surface area contributed by atoms with E-state index in [1.54, 1.807) is 19.1 Å². The molecule has 4 nitrogen and oxygen atoms in total. The number of aromatic nitrogens is 1. The summed E-state index contributed by atoms with van der Waals surface area (Å²) in [6, 6.07) is 6.04. The Bertz CT molecular complexity index is 584. The van der Waals surface area contributed by atoms with E-state index in [-0.39, 0.29) is 5.56 Å². The normalized spacial score (nSPS) is 10.1. The maximum Gasteiger partial charge on any atom is 0.258 e. The number of nitrogen functional groups attached to an aromatic ring is 1. The highest BCUT2D eigenvalue weighted by Crippen LogP contribution is 2.18. The molecule has 1 aromatic carbocycles. The number of pyridine rings is 1. The fourth-order valence-electron chi connectivity index (χ4n) is 1.60. The lowest BCUT2D eigenvalue weighted by Crippen LogP contribution is -2.15. The van der Waals surface area contributed by atoms with Crippen molar-refractivity contribution in [3.63, 3.8) is 0 Å². The third-order valence-electron chi connectivity index (χ3n) is 2.46. The summed E-state index contributed by atoms with van der Waals surface area (Å²) >= 11 is 0. The van der Waals surface area contributed by atoms with Crippen molar-refractivity contribution in [2.45, 2.75) is 6.92 Å². The van der Waals surface area contributed by atoms with E-state index < -0.39 is 11.7 Å². The van der Waals surface area contributed by atoms with Gasteiger partial charge in [0.1, 0.15) is 5.82 Å². The van der Waals surface area contributed by atoms with Crippen molar-refractivity contribution >= 4 is 17.3 Å². The number of nitrogens with two attached hydrogens (primary N) is 1. The molecule has 0 radical (unpaired) electrons. The average molecular weight is 245 g/mol. The lowest BCUT2D eigenvalue weighted by Gasteiger charge is -2.08. The fourth-order valence-corrected chi connectivity index (χ4v) is 1.60. The molecule has 0 aliphatic carbocycles. The van der Waals surface area contributed by atoms with E-state index in [0.717, 1.165) is 0 Å². The number of aryl methyl sites for hydroxylation is 1. The van der Waals surface area contributed by atoms with Gasteiger partial charge in [0.25, 0.3) is 5.91 Å². The van der Waals surface area contributed by atoms with Gasteiger partial charge in [0.05, 0.1) is 5.56 Å². The van der Waals surface area contributed by atoms with E-state index in [1.165, 1.54) is 24.5 Å². The lowest BCUT2D eigenvalue weighted by molar-refractivity contribution is 0.102. The number of nitrogens with zero attached hydrogens (tertiary/aromatic N) is 1. The lowest BCUT2D eigenvalue weighted by atomic mass is 10.1. The van der Waals surface area contributed by atoms with Crippen molar-refractivity contribution < 1.29 is 9.18 Å². The molecule has 0 fully saturated rings. The maximum atomic E-state index is 13.8. The van der Waals surface area contributed by atoms with Gasteiger partial charge < -0.3 is 11.1 Å². The molecule has 3 N–H and O–H groups in total. The Morgan fingerprint density at radius 2 is 2.00 bits per heavy atom. The van der Waals surface area contributed by atoms with Gasteiger partial charge in [0, 0.05) is 23.8 Å². The van der Waals surface area contributed by atoms with Gasteiger partial charge in [0.2, 0.25) is 0 Å². The molecule has 5 heteroatoms. The Labute approximate surface area is 104 Å². The fraction of sp³-hybridized carbons (Fsp3) is 0.0769.